The van der Waals surface area contributed by atoms with Gasteiger partial charge in [-0.15, -0.1) is 0 Å². The minimum Gasteiger partial charge on any atom is -0.736 e. The van der Waals surface area contributed by atoms with E-state index < -0.39 is 10.3 Å². The van der Waals surface area contributed by atoms with Crippen LogP contribution in [0.2, 0.25) is 0 Å². The third-order valence-corrected chi connectivity index (χ3v) is 0. The molecular weight excluding hydrogens is 153 g/mol. The van der Waals surface area contributed by atoms with Crippen LogP contribution in [0.25, 0.3) is 0 Å². The maximum atomic E-state index is 8.85. The van der Waals surface area contributed by atoms with Crippen LogP contribution in [0.1, 0.15) is 0 Å². The second kappa shape index (κ2) is 2.52. The average Bonchev–Trinajstić information content (AvgIpc) is 0.722. The summed E-state index contributed by atoms with van der Waals surface area (Å²) in [5.74, 6) is 0. The maximum Gasteiger partial charge on any atom is 1.00 e. The van der Waals surface area contributed by atoms with Crippen molar-refractivity contribution in [3.05, 3.63) is 0 Å². The molecule has 6 heteroatoms. The van der Waals surface area contributed by atoms with Crippen molar-refractivity contribution in [2.75, 3.05) is 0 Å². The zero-order valence-corrected chi connectivity index (χ0v) is 4.33. The van der Waals surface area contributed by atoms with E-state index in [0.717, 1.165) is 0 Å². The number of nitrogens with two attached hydrogens (primary N) is 1. The molecule has 0 bridgehead atoms. The maximum absolute atomic E-state index is 8.85. The first-order valence-corrected chi connectivity index (χ1v) is 2.21. The molecule has 4 nitrogen and oxygen atoms in total. The van der Waals surface area contributed by atoms with E-state index in [-0.39, 0.29) is 16.5 Å². The van der Waals surface area contributed by atoms with Crippen LogP contribution in [0.4, 0.5) is 0 Å². The third kappa shape index (κ3) is 374. The molecule has 0 saturated heterocycles. The SMILES string of the molecule is NS(=O)(=O)[O-].[Ni+]. The van der Waals surface area contributed by atoms with Crippen LogP contribution in [-0.4, -0.2) is 13.0 Å². The molecule has 0 aromatic carbocycles. The first-order chi connectivity index (χ1) is 2.00. The molecular formula is H2NNiO3S. The van der Waals surface area contributed by atoms with Gasteiger partial charge in [-0.3, -0.25) is 0 Å². The zero-order chi connectivity index (χ0) is 4.50. The van der Waals surface area contributed by atoms with Crippen molar-refractivity contribution in [2.45, 2.75) is 0 Å². The normalized spacial score (nSPS) is 9.67. The van der Waals surface area contributed by atoms with Crippen LogP contribution >= 0.6 is 0 Å². The van der Waals surface area contributed by atoms with E-state index in [0.29, 0.717) is 0 Å². The molecule has 0 spiro atoms. The minimum atomic E-state index is -4.42. The third-order valence-electron chi connectivity index (χ3n) is 0. The first kappa shape index (κ1) is 9.61. The van der Waals surface area contributed by atoms with E-state index in [1.54, 1.807) is 0 Å². The summed E-state index contributed by atoms with van der Waals surface area (Å²) in [6.07, 6.45) is 0. The molecule has 0 aliphatic carbocycles. The van der Waals surface area contributed by atoms with Gasteiger partial charge in [0.2, 0.25) is 0 Å². The largest absolute Gasteiger partial charge is 1.00 e. The van der Waals surface area contributed by atoms with Gasteiger partial charge in [-0.05, 0) is 0 Å². The Labute approximate surface area is 45.5 Å². The van der Waals surface area contributed by atoms with Crippen LogP contribution in [0.3, 0.4) is 0 Å². The fourth-order valence-corrected chi connectivity index (χ4v) is 0. The Balaban J connectivity index is 0. The van der Waals surface area contributed by atoms with Gasteiger partial charge in [0.25, 0.3) is 0 Å². The van der Waals surface area contributed by atoms with Crippen molar-refractivity contribution >= 4 is 10.3 Å². The second-order valence-corrected chi connectivity index (χ2v) is 1.48. The monoisotopic (exact) mass is 154 g/mol. The smallest absolute Gasteiger partial charge is 0.736 e. The molecule has 0 unspecified atom stereocenters. The summed E-state index contributed by atoms with van der Waals surface area (Å²) in [6, 6.07) is 0. The Morgan fingerprint density at radius 3 is 1.50 bits per heavy atom. The predicted molar refractivity (Wildman–Crippen MR) is 13.9 cm³/mol. The van der Waals surface area contributed by atoms with Crippen molar-refractivity contribution < 1.29 is 29.5 Å². The first-order valence-electron chi connectivity index (χ1n) is 0.736. The number of rotatable bonds is 0. The summed E-state index contributed by atoms with van der Waals surface area (Å²) in [5.41, 5.74) is 0. The molecule has 2 N–H and O–H groups in total. The van der Waals surface area contributed by atoms with Crippen molar-refractivity contribution in [3.8, 4) is 0 Å². The molecule has 0 amide bonds. The molecule has 41 valence electrons. The van der Waals surface area contributed by atoms with Gasteiger partial charge in [-0.1, -0.05) is 0 Å². The van der Waals surface area contributed by atoms with Crippen molar-refractivity contribution in [1.29, 1.82) is 0 Å². The Kier molecular flexibility index (Phi) is 4.04. The molecule has 0 aromatic rings. The Bertz CT molecular complexity index is 94.0. The van der Waals surface area contributed by atoms with Gasteiger partial charge >= 0.3 is 16.5 Å². The molecule has 1 radical (unpaired) electrons. The van der Waals surface area contributed by atoms with Gasteiger partial charge < -0.3 is 4.55 Å². The summed E-state index contributed by atoms with van der Waals surface area (Å²) in [6.45, 7) is 0. The average molecular weight is 155 g/mol. The molecule has 0 fully saturated rings. The predicted octanol–water partition coefficient (Wildman–Crippen LogP) is -1.60. The summed E-state index contributed by atoms with van der Waals surface area (Å²) in [7, 11) is -4.42. The summed E-state index contributed by atoms with van der Waals surface area (Å²) in [4.78, 5) is 0. The molecule has 0 aromatic heterocycles. The van der Waals surface area contributed by atoms with E-state index in [1.807, 2.05) is 0 Å². The van der Waals surface area contributed by atoms with E-state index in [4.69, 9.17) is 13.0 Å². The Morgan fingerprint density at radius 2 is 1.50 bits per heavy atom. The number of hydrogen-bond donors (Lipinski definition) is 1. The molecule has 0 rings (SSSR count). The van der Waals surface area contributed by atoms with Crippen LogP contribution in [-0.2, 0) is 26.8 Å². The topological polar surface area (TPSA) is 83.2 Å². The molecule has 0 heterocycles. The van der Waals surface area contributed by atoms with Crippen molar-refractivity contribution in [2.24, 2.45) is 5.14 Å². The molecule has 0 saturated carbocycles. The van der Waals surface area contributed by atoms with Crippen LogP contribution in [0.15, 0.2) is 0 Å². The van der Waals surface area contributed by atoms with Crippen molar-refractivity contribution in [1.82, 2.24) is 0 Å². The van der Waals surface area contributed by atoms with Gasteiger partial charge in [0.15, 0.2) is 10.3 Å². The van der Waals surface area contributed by atoms with Gasteiger partial charge in [-0.25, -0.2) is 13.6 Å². The fraction of sp³-hybridized carbons (Fsp3) is 0. The van der Waals surface area contributed by atoms with Crippen molar-refractivity contribution in [3.63, 3.8) is 0 Å². The minimum absolute atomic E-state index is 0. The zero-order valence-electron chi connectivity index (χ0n) is 2.53. The Morgan fingerprint density at radius 1 is 1.50 bits per heavy atom. The summed E-state index contributed by atoms with van der Waals surface area (Å²) in [5, 5.41) is 3.77. The van der Waals surface area contributed by atoms with E-state index in [9.17, 15) is 0 Å². The van der Waals surface area contributed by atoms with Gasteiger partial charge in [-0.2, -0.15) is 0 Å². The van der Waals surface area contributed by atoms with Gasteiger partial charge in [0.1, 0.15) is 0 Å². The molecule has 0 aliphatic rings. The van der Waals surface area contributed by atoms with Gasteiger partial charge in [0, 0.05) is 0 Å². The molecule has 0 atom stereocenters. The molecule has 6 heavy (non-hydrogen) atoms. The van der Waals surface area contributed by atoms with Gasteiger partial charge in [0.05, 0.1) is 0 Å². The number of hydrogen-bond acceptors (Lipinski definition) is 3. The van der Waals surface area contributed by atoms with E-state index in [1.165, 1.54) is 0 Å². The Hall–Kier alpha value is 0.364. The summed E-state index contributed by atoms with van der Waals surface area (Å²) >= 11 is 0. The van der Waals surface area contributed by atoms with Crippen LogP contribution < -0.4 is 5.14 Å². The fourth-order valence-electron chi connectivity index (χ4n) is 0. The molecule has 0 aliphatic heterocycles. The van der Waals surface area contributed by atoms with E-state index >= 15 is 0 Å². The summed E-state index contributed by atoms with van der Waals surface area (Å²) < 4.78 is 26.6. The quantitative estimate of drug-likeness (QED) is 0.337. The van der Waals surface area contributed by atoms with E-state index in [2.05, 4.69) is 5.14 Å². The second-order valence-electron chi connectivity index (χ2n) is 0.493. The van der Waals surface area contributed by atoms with Crippen LogP contribution in [0, 0.1) is 0 Å². The van der Waals surface area contributed by atoms with Crippen LogP contribution in [0.5, 0.6) is 0 Å². The standard InChI is InChI=1S/H3NO3S.Ni/c1-5(2,3)4;/h(H3,1,2,3,4);/q;+1/p-1.